The van der Waals surface area contributed by atoms with Gasteiger partial charge in [0.25, 0.3) is 0 Å². The molecule has 0 amide bonds. The molecular formula is C59H39N3S. The number of aromatic nitrogens is 3. The minimum atomic E-state index is 0.640. The molecule has 3 nitrogen and oxygen atoms in total. The van der Waals surface area contributed by atoms with Gasteiger partial charge in [-0.05, 0) is 81.4 Å². The number of rotatable bonds is 7. The first-order chi connectivity index (χ1) is 31.2. The van der Waals surface area contributed by atoms with Gasteiger partial charge in [-0.25, -0.2) is 9.97 Å². The van der Waals surface area contributed by atoms with Gasteiger partial charge in [-0.3, -0.25) is 0 Å². The molecule has 4 heteroatoms. The lowest BCUT2D eigenvalue weighted by atomic mass is 9.95. The Balaban J connectivity index is 1.11. The third-order valence-electron chi connectivity index (χ3n) is 12.5. The first kappa shape index (κ1) is 36.9. The second kappa shape index (κ2) is 14.9. The van der Waals surface area contributed by atoms with E-state index in [0.29, 0.717) is 5.82 Å². The largest absolute Gasteiger partial charge is 0.309 e. The van der Waals surface area contributed by atoms with Crippen molar-refractivity contribution < 1.29 is 0 Å². The summed E-state index contributed by atoms with van der Waals surface area (Å²) < 4.78 is 5.10. The van der Waals surface area contributed by atoms with E-state index in [1.54, 1.807) is 0 Å². The molecule has 3 aromatic heterocycles. The van der Waals surface area contributed by atoms with Crippen LogP contribution in [0.4, 0.5) is 0 Å². The topological polar surface area (TPSA) is 30.7 Å². The van der Waals surface area contributed by atoms with Crippen LogP contribution >= 0.6 is 11.3 Å². The first-order valence-corrected chi connectivity index (χ1v) is 22.2. The fourth-order valence-corrected chi connectivity index (χ4v) is 10.8. The van der Waals surface area contributed by atoms with E-state index in [4.69, 9.17) is 9.97 Å². The summed E-state index contributed by atoms with van der Waals surface area (Å²) in [5.41, 5.74) is 10.6. The van der Waals surface area contributed by atoms with Gasteiger partial charge in [0.15, 0.2) is 5.82 Å². The van der Waals surface area contributed by atoms with Crippen LogP contribution in [-0.2, 0) is 0 Å². The fraction of sp³-hybridized carbons (Fsp3) is 0.0169. The number of hydrogen-bond acceptors (Lipinski definition) is 3. The van der Waals surface area contributed by atoms with E-state index in [2.05, 4.69) is 175 Å². The van der Waals surface area contributed by atoms with Crippen molar-refractivity contribution in [3.63, 3.8) is 0 Å². The predicted molar refractivity (Wildman–Crippen MR) is 271 cm³/mol. The molecule has 0 spiro atoms. The van der Waals surface area contributed by atoms with Crippen molar-refractivity contribution in [2.24, 2.45) is 0 Å². The average molecular weight is 822 g/mol. The summed E-state index contributed by atoms with van der Waals surface area (Å²) in [6, 6.07) is 66.1. The molecule has 0 atom stereocenters. The molecule has 0 N–H and O–H groups in total. The van der Waals surface area contributed by atoms with Crippen LogP contribution in [0.25, 0.3) is 119 Å². The van der Waals surface area contributed by atoms with Gasteiger partial charge in [-0.1, -0.05) is 176 Å². The summed E-state index contributed by atoms with van der Waals surface area (Å²) in [5.74, 6) is 0.640. The molecule has 0 fully saturated rings. The summed E-state index contributed by atoms with van der Waals surface area (Å²) in [6.45, 7) is 6.10. The zero-order valence-electron chi connectivity index (χ0n) is 34.6. The second-order valence-corrected chi connectivity index (χ2v) is 17.1. The number of hydrogen-bond donors (Lipinski definition) is 0. The van der Waals surface area contributed by atoms with Crippen molar-refractivity contribution in [1.82, 2.24) is 14.5 Å². The minimum absolute atomic E-state index is 0.640. The Kier molecular flexibility index (Phi) is 8.73. The van der Waals surface area contributed by atoms with Crippen molar-refractivity contribution in [2.75, 3.05) is 0 Å². The van der Waals surface area contributed by atoms with Crippen molar-refractivity contribution in [2.45, 2.75) is 6.92 Å². The summed E-state index contributed by atoms with van der Waals surface area (Å²) >= 11 is 1.91. The summed E-state index contributed by atoms with van der Waals surface area (Å²) in [6.07, 6.45) is 7.83. The number of benzene rings is 9. The van der Waals surface area contributed by atoms with Gasteiger partial charge < -0.3 is 4.57 Å². The maximum absolute atomic E-state index is 5.13. The van der Waals surface area contributed by atoms with Crippen molar-refractivity contribution in [3.05, 3.63) is 219 Å². The highest BCUT2D eigenvalue weighted by atomic mass is 32.1. The summed E-state index contributed by atoms with van der Waals surface area (Å²) in [4.78, 5) is 10.1. The molecule has 9 aromatic carbocycles. The maximum atomic E-state index is 5.13. The molecule has 3 heterocycles. The third kappa shape index (κ3) is 5.94. The highest BCUT2D eigenvalue weighted by Crippen LogP contribution is 2.50. The standard InChI is InChI=1S/C59H39N3S/c1-3-5-16-37(4-2)59-60-50(40-19-7-6-8-20-40)36-51(61-59)41-27-31-43(32-28-41)62-52-33-29-39-18-10-12-23-46(39)55(52)56-57(62)48-25-14-13-24-47(48)54-49-35-42(30-34-53(49)63-58(54)56)45-26-15-21-38-17-9-11-22-44(38)45/h3-36H,2H2,1H3/b5-3-,37-16+. The van der Waals surface area contributed by atoms with Crippen LogP contribution in [0, 0.1) is 0 Å². The monoisotopic (exact) mass is 821 g/mol. The van der Waals surface area contributed by atoms with Crippen molar-refractivity contribution in [3.8, 4) is 39.3 Å². The zero-order chi connectivity index (χ0) is 42.0. The van der Waals surface area contributed by atoms with E-state index in [1.165, 1.54) is 85.4 Å². The SMILES string of the molecule is C=C/C(=C\C=C/C)c1nc(-c2ccccc2)cc(-c2ccc(-n3c4ccc5ccccc5c4c4c5sc6ccc(-c7cccc8ccccc78)cc6c5c5ccccc5c43)cc2)n1. The Bertz CT molecular complexity index is 3860. The number of fused-ring (bicyclic) bond motifs is 13. The van der Waals surface area contributed by atoms with Gasteiger partial charge in [-0.15, -0.1) is 11.3 Å². The van der Waals surface area contributed by atoms with Crippen LogP contribution in [0.2, 0.25) is 0 Å². The van der Waals surface area contributed by atoms with Gasteiger partial charge in [0.2, 0.25) is 0 Å². The van der Waals surface area contributed by atoms with E-state index in [1.807, 2.05) is 60.8 Å². The van der Waals surface area contributed by atoms with Crippen molar-refractivity contribution >= 4 is 91.2 Å². The smallest absolute Gasteiger partial charge is 0.160 e. The quantitative estimate of drug-likeness (QED) is 0.150. The molecule has 0 radical (unpaired) electrons. The van der Waals surface area contributed by atoms with Crippen LogP contribution in [0.5, 0.6) is 0 Å². The molecule has 0 bridgehead atoms. The van der Waals surface area contributed by atoms with Crippen LogP contribution in [0.15, 0.2) is 213 Å². The van der Waals surface area contributed by atoms with Gasteiger partial charge in [0.1, 0.15) is 0 Å². The highest BCUT2D eigenvalue weighted by Gasteiger charge is 2.24. The first-order valence-electron chi connectivity index (χ1n) is 21.4. The lowest BCUT2D eigenvalue weighted by molar-refractivity contribution is 1.13. The maximum Gasteiger partial charge on any atom is 0.160 e. The van der Waals surface area contributed by atoms with Gasteiger partial charge >= 0.3 is 0 Å². The normalized spacial score (nSPS) is 12.3. The van der Waals surface area contributed by atoms with Crippen molar-refractivity contribution in [1.29, 1.82) is 0 Å². The molecule has 0 saturated heterocycles. The lowest BCUT2D eigenvalue weighted by Crippen LogP contribution is -1.99. The molecule has 12 aromatic rings. The van der Waals surface area contributed by atoms with Crippen LogP contribution in [0.3, 0.4) is 0 Å². The molecule has 12 rings (SSSR count). The lowest BCUT2D eigenvalue weighted by Gasteiger charge is -2.13. The van der Waals surface area contributed by atoms with Gasteiger partial charge in [0.05, 0.1) is 22.4 Å². The van der Waals surface area contributed by atoms with E-state index < -0.39 is 0 Å². The Morgan fingerprint density at radius 3 is 1.95 bits per heavy atom. The number of allylic oxidation sites excluding steroid dienone is 5. The minimum Gasteiger partial charge on any atom is -0.309 e. The molecule has 63 heavy (non-hydrogen) atoms. The van der Waals surface area contributed by atoms with E-state index in [-0.39, 0.29) is 0 Å². The summed E-state index contributed by atoms with van der Waals surface area (Å²) in [5, 5.41) is 12.7. The van der Waals surface area contributed by atoms with E-state index in [9.17, 15) is 0 Å². The second-order valence-electron chi connectivity index (χ2n) is 16.1. The fourth-order valence-electron chi connectivity index (χ4n) is 9.59. The summed E-state index contributed by atoms with van der Waals surface area (Å²) in [7, 11) is 0. The van der Waals surface area contributed by atoms with E-state index in [0.717, 1.165) is 33.8 Å². The van der Waals surface area contributed by atoms with Gasteiger partial charge in [-0.2, -0.15) is 0 Å². The highest BCUT2D eigenvalue weighted by molar-refractivity contribution is 7.27. The Morgan fingerprint density at radius 1 is 0.540 bits per heavy atom. The van der Waals surface area contributed by atoms with Crippen LogP contribution in [0.1, 0.15) is 12.7 Å². The Labute approximate surface area is 368 Å². The van der Waals surface area contributed by atoms with E-state index >= 15 is 0 Å². The third-order valence-corrected chi connectivity index (χ3v) is 13.7. The van der Waals surface area contributed by atoms with Gasteiger partial charge in [0, 0.05) is 58.7 Å². The predicted octanol–water partition coefficient (Wildman–Crippen LogP) is 16.5. The molecule has 0 saturated carbocycles. The average Bonchev–Trinajstić information content (AvgIpc) is 3.91. The molecule has 0 aliphatic rings. The molecule has 0 aliphatic carbocycles. The van der Waals surface area contributed by atoms with Crippen LogP contribution in [-0.4, -0.2) is 14.5 Å². The number of thiophene rings is 1. The number of nitrogens with zero attached hydrogens (tertiary/aromatic N) is 3. The zero-order valence-corrected chi connectivity index (χ0v) is 35.4. The van der Waals surface area contributed by atoms with Crippen LogP contribution < -0.4 is 0 Å². The Hall–Kier alpha value is -7.92. The molecule has 0 unspecified atom stereocenters. The molecule has 0 aliphatic heterocycles. The Morgan fingerprint density at radius 2 is 1.19 bits per heavy atom. The molecular weight excluding hydrogens is 783 g/mol. The molecule has 296 valence electrons.